The summed E-state index contributed by atoms with van der Waals surface area (Å²) in [5, 5.41) is 21.1. The van der Waals surface area contributed by atoms with Gasteiger partial charge in [0.2, 0.25) is 0 Å². The normalized spacial score (nSPS) is 15.1. The first-order valence-corrected chi connectivity index (χ1v) is 12.8. The number of amides is 1. The molecule has 0 spiro atoms. The molecule has 1 saturated carbocycles. The Morgan fingerprint density at radius 2 is 1.83 bits per heavy atom. The van der Waals surface area contributed by atoms with Crippen LogP contribution in [0.25, 0.3) is 26.2 Å². The van der Waals surface area contributed by atoms with Crippen LogP contribution < -0.4 is 15.6 Å². The van der Waals surface area contributed by atoms with Gasteiger partial charge in [-0.1, -0.05) is 36.8 Å². The van der Waals surface area contributed by atoms with E-state index in [4.69, 9.17) is 4.74 Å². The predicted octanol–water partition coefficient (Wildman–Crippen LogP) is 4.07. The van der Waals surface area contributed by atoms with Crippen LogP contribution in [0.4, 0.5) is 0 Å². The van der Waals surface area contributed by atoms with E-state index < -0.39 is 24.5 Å². The molecule has 0 unspecified atom stereocenters. The van der Waals surface area contributed by atoms with E-state index in [0.29, 0.717) is 27.2 Å². The number of aromatic nitrogens is 1. The van der Waals surface area contributed by atoms with Crippen LogP contribution in [0.15, 0.2) is 59.4 Å². The Kier molecular flexibility index (Phi) is 6.75. The highest BCUT2D eigenvalue weighted by atomic mass is 32.1. The summed E-state index contributed by atoms with van der Waals surface area (Å²) in [5.41, 5.74) is 1.44. The summed E-state index contributed by atoms with van der Waals surface area (Å²) >= 11 is 1.27. The Bertz CT molecular complexity index is 1490. The second-order valence-electron chi connectivity index (χ2n) is 8.94. The number of nitrogens with one attached hydrogen (secondary N) is 1. The topological polar surface area (TPSA) is 117 Å². The van der Waals surface area contributed by atoms with Crippen LogP contribution in [0.5, 0.6) is 5.75 Å². The van der Waals surface area contributed by atoms with Gasteiger partial charge in [0.05, 0.1) is 28.5 Å². The standard InChI is InChI=1S/C27H26N2O6S/c30-15-21(27(33)34)28-24(31)20-14-19(16-7-3-1-4-8-16)25(32)29-22-13-18(11-12-23(22)36-26(20)29)35-17-9-5-2-6-10-17/h1,3-4,7-8,11-14,17,21,30H,2,5-6,9-10,15H2,(H,28,31)(H,33,34)/t21-/m0/s1. The quantitative estimate of drug-likeness (QED) is 0.348. The van der Waals surface area contributed by atoms with Crippen molar-refractivity contribution in [3.05, 3.63) is 70.5 Å². The fraction of sp³-hybridized carbons (Fsp3) is 0.296. The Balaban J connectivity index is 1.68. The molecule has 1 aliphatic rings. The van der Waals surface area contributed by atoms with Gasteiger partial charge in [-0.15, -0.1) is 11.3 Å². The van der Waals surface area contributed by atoms with Crippen LogP contribution in [0.2, 0.25) is 0 Å². The molecule has 186 valence electrons. The zero-order valence-electron chi connectivity index (χ0n) is 19.5. The zero-order chi connectivity index (χ0) is 25.2. The number of aliphatic hydroxyl groups excluding tert-OH is 1. The van der Waals surface area contributed by atoms with Crippen molar-refractivity contribution < 1.29 is 24.5 Å². The van der Waals surface area contributed by atoms with E-state index in [1.54, 1.807) is 24.3 Å². The van der Waals surface area contributed by atoms with Crippen LogP contribution in [0.3, 0.4) is 0 Å². The minimum absolute atomic E-state index is 0.144. The van der Waals surface area contributed by atoms with Gasteiger partial charge >= 0.3 is 5.97 Å². The molecule has 0 saturated heterocycles. The molecule has 1 aliphatic carbocycles. The van der Waals surface area contributed by atoms with Gasteiger partial charge in [0.1, 0.15) is 10.6 Å². The third kappa shape index (κ3) is 4.59. The third-order valence-corrected chi connectivity index (χ3v) is 7.66. The van der Waals surface area contributed by atoms with E-state index in [0.717, 1.165) is 30.4 Å². The molecule has 3 N–H and O–H groups in total. The van der Waals surface area contributed by atoms with E-state index >= 15 is 0 Å². The average Bonchev–Trinajstić information content (AvgIpc) is 3.27. The number of pyridine rings is 1. The number of aliphatic carboxylic acids is 1. The molecule has 5 rings (SSSR count). The lowest BCUT2D eigenvalue weighted by Crippen LogP contribution is -2.43. The highest BCUT2D eigenvalue weighted by Gasteiger charge is 2.25. The molecule has 0 aliphatic heterocycles. The maximum absolute atomic E-state index is 13.7. The van der Waals surface area contributed by atoms with Gasteiger partial charge in [-0.05, 0) is 49.4 Å². The van der Waals surface area contributed by atoms with Gasteiger partial charge < -0.3 is 20.3 Å². The van der Waals surface area contributed by atoms with Crippen molar-refractivity contribution in [2.75, 3.05) is 6.61 Å². The van der Waals surface area contributed by atoms with Crippen molar-refractivity contribution in [3.63, 3.8) is 0 Å². The maximum Gasteiger partial charge on any atom is 0.328 e. The molecule has 9 heteroatoms. The summed E-state index contributed by atoms with van der Waals surface area (Å²) in [6, 6.07) is 14.6. The average molecular weight is 507 g/mol. The Morgan fingerprint density at radius 3 is 2.53 bits per heavy atom. The fourth-order valence-electron chi connectivity index (χ4n) is 4.64. The van der Waals surface area contributed by atoms with Crippen LogP contribution in [0.1, 0.15) is 42.5 Å². The molecular formula is C27H26N2O6S. The molecule has 1 fully saturated rings. The van der Waals surface area contributed by atoms with Gasteiger partial charge in [0.15, 0.2) is 6.04 Å². The summed E-state index contributed by atoms with van der Waals surface area (Å²) in [7, 11) is 0. The number of hydrogen-bond donors (Lipinski definition) is 3. The molecule has 4 aromatic rings. The van der Waals surface area contributed by atoms with Crippen LogP contribution >= 0.6 is 11.3 Å². The minimum atomic E-state index is -1.46. The number of benzene rings is 2. The van der Waals surface area contributed by atoms with Crippen LogP contribution in [0, 0.1) is 0 Å². The van der Waals surface area contributed by atoms with Crippen molar-refractivity contribution in [2.45, 2.75) is 44.2 Å². The lowest BCUT2D eigenvalue weighted by Gasteiger charge is -2.23. The zero-order valence-corrected chi connectivity index (χ0v) is 20.3. The van der Waals surface area contributed by atoms with Crippen molar-refractivity contribution in [3.8, 4) is 16.9 Å². The molecule has 2 aromatic heterocycles. The number of hydrogen-bond acceptors (Lipinski definition) is 6. The first-order chi connectivity index (χ1) is 17.5. The largest absolute Gasteiger partial charge is 0.490 e. The molecule has 1 atom stereocenters. The van der Waals surface area contributed by atoms with Crippen molar-refractivity contribution in [2.24, 2.45) is 0 Å². The van der Waals surface area contributed by atoms with Gasteiger partial charge in [0.25, 0.3) is 11.5 Å². The Labute approximate surface area is 210 Å². The molecular weight excluding hydrogens is 480 g/mol. The second-order valence-corrected chi connectivity index (χ2v) is 9.97. The number of carbonyl (C=O) groups is 2. The van der Waals surface area contributed by atoms with Gasteiger partial charge in [0, 0.05) is 11.6 Å². The van der Waals surface area contributed by atoms with E-state index in [-0.39, 0.29) is 17.2 Å². The predicted molar refractivity (Wildman–Crippen MR) is 138 cm³/mol. The summed E-state index contributed by atoms with van der Waals surface area (Å²) < 4.78 is 8.52. The highest BCUT2D eigenvalue weighted by Crippen LogP contribution is 2.33. The second kappa shape index (κ2) is 10.1. The van der Waals surface area contributed by atoms with Crippen molar-refractivity contribution >= 4 is 38.3 Å². The number of nitrogens with zero attached hydrogens (tertiary/aromatic N) is 1. The summed E-state index contributed by atoms with van der Waals surface area (Å²) in [5.74, 6) is -1.36. The number of carboxylic acid groups (broad SMARTS) is 1. The number of rotatable bonds is 7. The minimum Gasteiger partial charge on any atom is -0.490 e. The molecule has 8 nitrogen and oxygen atoms in total. The van der Waals surface area contributed by atoms with Gasteiger partial charge in [-0.3, -0.25) is 14.0 Å². The summed E-state index contributed by atoms with van der Waals surface area (Å²) in [4.78, 5) is 38.7. The number of ether oxygens (including phenoxy) is 1. The van der Waals surface area contributed by atoms with E-state index in [1.165, 1.54) is 28.2 Å². The SMILES string of the molecule is O=C(N[C@@H](CO)C(=O)O)c1cc(-c2ccccc2)c(=O)n2c1sc1ccc(OC3CCCCC3)cc12. The van der Waals surface area contributed by atoms with Crippen molar-refractivity contribution in [1.29, 1.82) is 0 Å². The van der Waals surface area contributed by atoms with Gasteiger partial charge in [-0.25, -0.2) is 4.79 Å². The molecule has 2 heterocycles. The highest BCUT2D eigenvalue weighted by molar-refractivity contribution is 7.24. The van der Waals surface area contributed by atoms with Crippen LogP contribution in [-0.4, -0.2) is 45.2 Å². The maximum atomic E-state index is 13.7. The number of fused-ring (bicyclic) bond motifs is 3. The molecule has 2 aromatic carbocycles. The van der Waals surface area contributed by atoms with Crippen LogP contribution in [-0.2, 0) is 4.79 Å². The summed E-state index contributed by atoms with van der Waals surface area (Å²) in [6.07, 6.45) is 5.64. The smallest absolute Gasteiger partial charge is 0.328 e. The molecule has 0 radical (unpaired) electrons. The summed E-state index contributed by atoms with van der Waals surface area (Å²) in [6.45, 7) is -0.753. The molecule has 1 amide bonds. The number of carbonyl (C=O) groups excluding carboxylic acids is 1. The molecule has 0 bridgehead atoms. The number of aliphatic hydroxyl groups is 1. The Morgan fingerprint density at radius 1 is 1.08 bits per heavy atom. The monoisotopic (exact) mass is 506 g/mol. The lowest BCUT2D eigenvalue weighted by molar-refractivity contribution is -0.140. The lowest BCUT2D eigenvalue weighted by atomic mass is 9.98. The van der Waals surface area contributed by atoms with E-state index in [9.17, 15) is 24.6 Å². The van der Waals surface area contributed by atoms with Gasteiger partial charge in [-0.2, -0.15) is 0 Å². The first kappa shape index (κ1) is 24.0. The Hall–Kier alpha value is -3.69. The number of thiazole rings is 1. The first-order valence-electron chi connectivity index (χ1n) is 11.9. The van der Waals surface area contributed by atoms with E-state index in [1.807, 2.05) is 24.3 Å². The molecule has 36 heavy (non-hydrogen) atoms. The third-order valence-electron chi connectivity index (χ3n) is 6.50. The van der Waals surface area contributed by atoms with E-state index in [2.05, 4.69) is 5.32 Å². The van der Waals surface area contributed by atoms with Crippen molar-refractivity contribution in [1.82, 2.24) is 9.72 Å². The fourth-order valence-corrected chi connectivity index (χ4v) is 5.77. The number of carboxylic acids is 1.